The topological polar surface area (TPSA) is 69.7 Å². The van der Waals surface area contributed by atoms with E-state index in [2.05, 4.69) is 10.8 Å². The molecule has 0 aliphatic rings. The van der Waals surface area contributed by atoms with Crippen molar-refractivity contribution in [3.05, 3.63) is 12.7 Å². The van der Waals surface area contributed by atoms with E-state index in [4.69, 9.17) is 4.74 Å². The number of ether oxygens (including phenoxy) is 1. The number of hydrogen-bond donors (Lipinski definition) is 0. The Morgan fingerprint density at radius 3 is 2.60 bits per heavy atom. The lowest BCUT2D eigenvalue weighted by atomic mass is 10.5. The smallest absolute Gasteiger partial charge is 0.330 e. The summed E-state index contributed by atoms with van der Waals surface area (Å²) in [4.78, 5) is 10.7. The van der Waals surface area contributed by atoms with Gasteiger partial charge in [0.15, 0.2) is 0 Å². The molecule has 0 spiro atoms. The molecule has 0 radical (unpaired) electrons. The average Bonchev–Trinajstić information content (AvgIpc) is 2.13. The molecule has 0 bridgehead atoms. The van der Waals surface area contributed by atoms with Gasteiger partial charge in [-0.1, -0.05) is 13.5 Å². The molecule has 0 heterocycles. The first-order valence-electron chi connectivity index (χ1n) is 4.61. The van der Waals surface area contributed by atoms with Crippen LogP contribution in [-0.2, 0) is 23.8 Å². The van der Waals surface area contributed by atoms with Crippen LogP contribution in [0.15, 0.2) is 12.7 Å². The predicted octanol–water partition coefficient (Wildman–Crippen LogP) is 0.860. The van der Waals surface area contributed by atoms with Gasteiger partial charge in [0.1, 0.15) is 11.9 Å². The summed E-state index contributed by atoms with van der Waals surface area (Å²) in [6.45, 7) is 6.63. The Morgan fingerprint density at radius 2 is 2.13 bits per heavy atom. The fraction of sp³-hybridized carbons (Fsp3) is 0.667. The molecule has 0 aromatic carbocycles. The van der Waals surface area contributed by atoms with Crippen LogP contribution >= 0.6 is 0 Å². The molecule has 0 rings (SSSR count). The normalized spacial score (nSPS) is 13.2. The third-order valence-electron chi connectivity index (χ3n) is 1.39. The zero-order valence-corrected chi connectivity index (χ0v) is 9.75. The first-order valence-corrected chi connectivity index (χ1v) is 6.19. The molecule has 0 N–H and O–H groups in total. The van der Waals surface area contributed by atoms with Crippen LogP contribution in [-0.4, -0.2) is 32.9 Å². The van der Waals surface area contributed by atoms with Gasteiger partial charge in [-0.25, -0.2) is 4.79 Å². The fourth-order valence-corrected chi connectivity index (χ4v) is 1.99. The molecular formula is C9H16O5S. The molecule has 0 saturated heterocycles. The van der Waals surface area contributed by atoms with E-state index in [9.17, 15) is 13.2 Å². The maximum atomic E-state index is 11.2. The van der Waals surface area contributed by atoms with Gasteiger partial charge in [0.25, 0.3) is 10.1 Å². The second-order valence-electron chi connectivity index (χ2n) is 3.00. The maximum Gasteiger partial charge on any atom is 0.330 e. The zero-order valence-electron chi connectivity index (χ0n) is 8.93. The standard InChI is InChI=1S/C9H16O5S/c1-4-6-13-15(11,12)7-8(3)14-9(10)5-2/h5,8H,2,4,6-7H2,1,3H3. The van der Waals surface area contributed by atoms with E-state index >= 15 is 0 Å². The summed E-state index contributed by atoms with van der Waals surface area (Å²) in [5.41, 5.74) is 0. The molecule has 88 valence electrons. The molecule has 0 aliphatic heterocycles. The molecule has 0 amide bonds. The van der Waals surface area contributed by atoms with Crippen LogP contribution in [0.4, 0.5) is 0 Å². The molecule has 0 aliphatic carbocycles. The Kier molecular flexibility index (Phi) is 6.19. The molecule has 0 saturated carbocycles. The van der Waals surface area contributed by atoms with Crippen molar-refractivity contribution < 1.29 is 22.1 Å². The van der Waals surface area contributed by atoms with E-state index in [1.807, 2.05) is 0 Å². The Bertz CT molecular complexity index is 306. The molecule has 0 aromatic heterocycles. The molecule has 0 fully saturated rings. The van der Waals surface area contributed by atoms with Crippen molar-refractivity contribution in [2.75, 3.05) is 12.4 Å². The van der Waals surface area contributed by atoms with Crippen LogP contribution in [0.3, 0.4) is 0 Å². The lowest BCUT2D eigenvalue weighted by Crippen LogP contribution is -2.25. The van der Waals surface area contributed by atoms with Gasteiger partial charge in [0.2, 0.25) is 0 Å². The second kappa shape index (κ2) is 6.58. The number of esters is 1. The van der Waals surface area contributed by atoms with Gasteiger partial charge in [-0.3, -0.25) is 4.18 Å². The van der Waals surface area contributed by atoms with E-state index < -0.39 is 22.2 Å². The Hall–Kier alpha value is -0.880. The molecule has 5 nitrogen and oxygen atoms in total. The van der Waals surface area contributed by atoms with E-state index in [0.717, 1.165) is 6.08 Å². The van der Waals surface area contributed by atoms with Crippen LogP contribution < -0.4 is 0 Å². The summed E-state index contributed by atoms with van der Waals surface area (Å²) in [6, 6.07) is 0. The first kappa shape index (κ1) is 14.1. The third kappa shape index (κ3) is 7.10. The van der Waals surface area contributed by atoms with Crippen LogP contribution in [0.2, 0.25) is 0 Å². The highest BCUT2D eigenvalue weighted by Gasteiger charge is 2.18. The summed E-state index contributed by atoms with van der Waals surface area (Å²) in [5.74, 6) is -0.986. The van der Waals surface area contributed by atoms with E-state index in [1.54, 1.807) is 6.92 Å². The number of rotatable bonds is 7. The van der Waals surface area contributed by atoms with Gasteiger partial charge in [-0.05, 0) is 13.3 Å². The first-order chi connectivity index (χ1) is 6.91. The number of carbonyl (C=O) groups is 1. The van der Waals surface area contributed by atoms with E-state index in [1.165, 1.54) is 6.92 Å². The monoisotopic (exact) mass is 236 g/mol. The van der Waals surface area contributed by atoms with Crippen molar-refractivity contribution in [1.82, 2.24) is 0 Å². The van der Waals surface area contributed by atoms with Gasteiger partial charge in [0, 0.05) is 6.08 Å². The van der Waals surface area contributed by atoms with Crippen molar-refractivity contribution in [2.24, 2.45) is 0 Å². The quantitative estimate of drug-likeness (QED) is 0.372. The van der Waals surface area contributed by atoms with Crippen LogP contribution in [0, 0.1) is 0 Å². The minimum absolute atomic E-state index is 0.143. The lowest BCUT2D eigenvalue weighted by molar-refractivity contribution is -0.141. The van der Waals surface area contributed by atoms with Crippen molar-refractivity contribution in [2.45, 2.75) is 26.4 Å². The van der Waals surface area contributed by atoms with Gasteiger partial charge < -0.3 is 4.74 Å². The van der Waals surface area contributed by atoms with Crippen LogP contribution in [0.25, 0.3) is 0 Å². The molecule has 15 heavy (non-hydrogen) atoms. The predicted molar refractivity (Wildman–Crippen MR) is 55.8 cm³/mol. The third-order valence-corrected chi connectivity index (χ3v) is 2.79. The Balaban J connectivity index is 4.09. The molecule has 6 heteroatoms. The van der Waals surface area contributed by atoms with Crippen LogP contribution in [0.5, 0.6) is 0 Å². The fourth-order valence-electron chi connectivity index (χ4n) is 0.826. The molecular weight excluding hydrogens is 220 g/mol. The number of carbonyl (C=O) groups excluding carboxylic acids is 1. The Labute approximate surface area is 90.2 Å². The largest absolute Gasteiger partial charge is 0.458 e. The molecule has 1 unspecified atom stereocenters. The second-order valence-corrected chi connectivity index (χ2v) is 4.68. The minimum Gasteiger partial charge on any atom is -0.458 e. The van der Waals surface area contributed by atoms with Gasteiger partial charge >= 0.3 is 5.97 Å². The summed E-state index contributed by atoms with van der Waals surface area (Å²) in [5, 5.41) is 0. The zero-order chi connectivity index (χ0) is 11.9. The summed E-state index contributed by atoms with van der Waals surface area (Å²) >= 11 is 0. The van der Waals surface area contributed by atoms with Crippen molar-refractivity contribution in [1.29, 1.82) is 0 Å². The molecule has 0 aromatic rings. The lowest BCUT2D eigenvalue weighted by Gasteiger charge is -2.11. The van der Waals surface area contributed by atoms with Gasteiger partial charge in [-0.15, -0.1) is 0 Å². The maximum absolute atomic E-state index is 11.2. The van der Waals surface area contributed by atoms with E-state index in [-0.39, 0.29) is 12.4 Å². The highest BCUT2D eigenvalue weighted by atomic mass is 32.2. The van der Waals surface area contributed by atoms with Gasteiger partial charge in [-0.2, -0.15) is 8.42 Å². The van der Waals surface area contributed by atoms with E-state index in [0.29, 0.717) is 6.42 Å². The highest BCUT2D eigenvalue weighted by molar-refractivity contribution is 7.86. The summed E-state index contributed by atoms with van der Waals surface area (Å²) in [7, 11) is -3.61. The summed E-state index contributed by atoms with van der Waals surface area (Å²) in [6.07, 6.45) is 0.855. The SMILES string of the molecule is C=CC(=O)OC(C)CS(=O)(=O)OCCC. The van der Waals surface area contributed by atoms with Crippen LogP contribution in [0.1, 0.15) is 20.3 Å². The highest BCUT2D eigenvalue weighted by Crippen LogP contribution is 2.02. The summed E-state index contributed by atoms with van der Waals surface area (Å²) < 4.78 is 31.8. The van der Waals surface area contributed by atoms with Crippen molar-refractivity contribution in [3.63, 3.8) is 0 Å². The van der Waals surface area contributed by atoms with Crippen molar-refractivity contribution in [3.8, 4) is 0 Å². The Morgan fingerprint density at radius 1 is 1.53 bits per heavy atom. The van der Waals surface area contributed by atoms with Gasteiger partial charge in [0.05, 0.1) is 6.61 Å². The average molecular weight is 236 g/mol. The van der Waals surface area contributed by atoms with Crippen molar-refractivity contribution >= 4 is 16.1 Å². The minimum atomic E-state index is -3.61. The number of hydrogen-bond acceptors (Lipinski definition) is 5. The molecule has 1 atom stereocenters.